The molecule has 0 spiro atoms. The summed E-state index contributed by atoms with van der Waals surface area (Å²) in [5.74, 6) is -1.17. The van der Waals surface area contributed by atoms with Gasteiger partial charge in [0, 0.05) is 0 Å². The summed E-state index contributed by atoms with van der Waals surface area (Å²) < 4.78 is 29.8. The highest BCUT2D eigenvalue weighted by Gasteiger charge is 2.44. The zero-order valence-electron chi connectivity index (χ0n) is 21.1. The van der Waals surface area contributed by atoms with E-state index in [4.69, 9.17) is 23.2 Å². The molecule has 8 heteroatoms. The third kappa shape index (κ3) is 5.48. The predicted octanol–water partition coefficient (Wildman–Crippen LogP) is 7.49. The fourth-order valence-corrected chi connectivity index (χ4v) is 6.69. The van der Waals surface area contributed by atoms with E-state index < -0.39 is 28.1 Å². The molecule has 0 fully saturated rings. The van der Waals surface area contributed by atoms with Crippen molar-refractivity contribution < 1.29 is 18.3 Å². The first-order valence-electron chi connectivity index (χ1n) is 11.9. The third-order valence-electron chi connectivity index (χ3n) is 6.68. The van der Waals surface area contributed by atoms with Crippen LogP contribution in [0, 0.1) is 6.92 Å². The Morgan fingerprint density at radius 1 is 0.919 bits per heavy atom. The summed E-state index contributed by atoms with van der Waals surface area (Å²) in [6.07, 6.45) is 1.78. The molecule has 0 aliphatic carbocycles. The minimum absolute atomic E-state index is 0.00973. The lowest BCUT2D eigenvalue weighted by atomic mass is 9.84. The molecule has 0 aromatic heterocycles. The van der Waals surface area contributed by atoms with E-state index in [1.54, 1.807) is 48.5 Å². The third-order valence-corrected chi connectivity index (χ3v) is 9.31. The van der Waals surface area contributed by atoms with Gasteiger partial charge in [-0.15, -0.1) is 0 Å². The highest BCUT2D eigenvalue weighted by atomic mass is 35.5. The van der Waals surface area contributed by atoms with Gasteiger partial charge in [-0.2, -0.15) is 4.31 Å². The van der Waals surface area contributed by atoms with Gasteiger partial charge in [-0.25, -0.2) is 13.2 Å². The molecule has 4 rings (SSSR count). The monoisotopic (exact) mass is 557 g/mol. The van der Waals surface area contributed by atoms with E-state index >= 15 is 0 Å². The minimum Gasteiger partial charge on any atom is -0.478 e. The Kier molecular flexibility index (Phi) is 7.59. The van der Waals surface area contributed by atoms with Crippen molar-refractivity contribution >= 4 is 39.2 Å². The topological polar surface area (TPSA) is 74.7 Å². The molecule has 0 radical (unpaired) electrons. The molecular weight excluding hydrogens is 529 g/mol. The van der Waals surface area contributed by atoms with Gasteiger partial charge in [-0.1, -0.05) is 98.1 Å². The molecule has 1 aliphatic rings. The average Bonchev–Trinajstić information content (AvgIpc) is 2.84. The first-order chi connectivity index (χ1) is 17.3. The maximum absolute atomic E-state index is 14.3. The summed E-state index contributed by atoms with van der Waals surface area (Å²) in [6, 6.07) is 17.3. The second-order valence-corrected chi connectivity index (χ2v) is 13.0. The maximum Gasteiger partial charge on any atom is 0.333 e. The van der Waals surface area contributed by atoms with Crippen molar-refractivity contribution in [1.29, 1.82) is 0 Å². The first kappa shape index (κ1) is 27.4. The smallest absolute Gasteiger partial charge is 0.333 e. The molecular formula is C29H29Cl2NO4S. The van der Waals surface area contributed by atoms with Crippen molar-refractivity contribution in [2.75, 3.05) is 0 Å². The predicted molar refractivity (Wildman–Crippen MR) is 148 cm³/mol. The number of hydrogen-bond acceptors (Lipinski definition) is 3. The number of benzene rings is 3. The van der Waals surface area contributed by atoms with Crippen LogP contribution in [0.15, 0.2) is 83.3 Å². The van der Waals surface area contributed by atoms with Crippen LogP contribution in [0.3, 0.4) is 0 Å². The van der Waals surface area contributed by atoms with E-state index in [1.165, 1.54) is 4.31 Å². The van der Waals surface area contributed by atoms with Gasteiger partial charge in [0.25, 0.3) is 0 Å². The molecule has 3 aromatic rings. The SMILES string of the molecule is Cc1ccc(S(=O)(=O)N2[C@@H](c3ccc(C(C)(C)C)cc3)C(C(=O)O)=CC[C@H]2c2ccc(Cl)c(Cl)c2)cc1. The van der Waals surface area contributed by atoms with Crippen LogP contribution in [-0.4, -0.2) is 23.8 Å². The van der Waals surface area contributed by atoms with Crippen molar-refractivity contribution in [1.82, 2.24) is 4.31 Å². The van der Waals surface area contributed by atoms with Gasteiger partial charge in [0.2, 0.25) is 10.0 Å². The molecule has 5 nitrogen and oxygen atoms in total. The summed E-state index contributed by atoms with van der Waals surface area (Å²) in [7, 11) is -4.15. The van der Waals surface area contributed by atoms with Crippen molar-refractivity contribution in [2.24, 2.45) is 0 Å². The molecule has 0 unspecified atom stereocenters. The fourth-order valence-electron chi connectivity index (χ4n) is 4.61. The van der Waals surface area contributed by atoms with E-state index in [9.17, 15) is 18.3 Å². The number of sulfonamides is 1. The Balaban J connectivity index is 1.96. The molecule has 2 atom stereocenters. The lowest BCUT2D eigenvalue weighted by Crippen LogP contribution is -2.42. The number of halogens is 2. The van der Waals surface area contributed by atoms with Crippen LogP contribution in [-0.2, 0) is 20.2 Å². The van der Waals surface area contributed by atoms with Gasteiger partial charge < -0.3 is 5.11 Å². The summed E-state index contributed by atoms with van der Waals surface area (Å²) >= 11 is 12.5. The summed E-state index contributed by atoms with van der Waals surface area (Å²) in [5.41, 5.74) is 3.06. The minimum atomic E-state index is -4.15. The second kappa shape index (κ2) is 10.3. The highest BCUT2D eigenvalue weighted by Crippen LogP contribution is 2.46. The molecule has 37 heavy (non-hydrogen) atoms. The van der Waals surface area contributed by atoms with Crippen LogP contribution < -0.4 is 0 Å². The van der Waals surface area contributed by atoms with E-state index in [0.29, 0.717) is 21.2 Å². The molecule has 1 N–H and O–H groups in total. The Bertz CT molecular complexity index is 1460. The van der Waals surface area contributed by atoms with Gasteiger partial charge in [0.05, 0.1) is 32.6 Å². The van der Waals surface area contributed by atoms with Gasteiger partial charge in [-0.3, -0.25) is 0 Å². The quantitative estimate of drug-likeness (QED) is 0.352. The Hall–Kier alpha value is -2.64. The number of aliphatic carboxylic acids is 1. The summed E-state index contributed by atoms with van der Waals surface area (Å²) in [5, 5.41) is 10.8. The second-order valence-electron chi connectivity index (χ2n) is 10.3. The number of rotatable bonds is 5. The zero-order valence-corrected chi connectivity index (χ0v) is 23.4. The molecule has 194 valence electrons. The highest BCUT2D eigenvalue weighted by molar-refractivity contribution is 7.89. The number of aryl methyl sites for hydroxylation is 1. The van der Waals surface area contributed by atoms with Crippen molar-refractivity contribution in [2.45, 2.75) is 56.5 Å². The van der Waals surface area contributed by atoms with Crippen LogP contribution in [0.1, 0.15) is 61.5 Å². The van der Waals surface area contributed by atoms with Crippen LogP contribution in [0.4, 0.5) is 0 Å². The molecule has 0 bridgehead atoms. The molecule has 0 saturated carbocycles. The lowest BCUT2D eigenvalue weighted by Gasteiger charge is -2.41. The Labute approximate surface area is 228 Å². The van der Waals surface area contributed by atoms with Crippen molar-refractivity contribution in [3.05, 3.63) is 111 Å². The number of carboxylic acid groups (broad SMARTS) is 1. The first-order valence-corrected chi connectivity index (χ1v) is 14.1. The van der Waals surface area contributed by atoms with Crippen LogP contribution >= 0.6 is 23.2 Å². The summed E-state index contributed by atoms with van der Waals surface area (Å²) in [6.45, 7) is 8.12. The molecule has 0 amide bonds. The maximum atomic E-state index is 14.3. The standard InChI is InChI=1S/C29H29Cl2NO4S/c1-18-5-12-22(13-6-18)37(35,36)32-26(20-9-15-24(30)25(31)17-20)16-14-23(28(33)34)27(32)19-7-10-21(11-8-19)29(2,3)4/h5-15,17,26-27H,16H2,1-4H3,(H,33,34)/t26-,27-/m0/s1. The van der Waals surface area contributed by atoms with Gasteiger partial charge in [0.1, 0.15) is 0 Å². The number of nitrogens with zero attached hydrogens (tertiary/aromatic N) is 1. The van der Waals surface area contributed by atoms with E-state index in [2.05, 4.69) is 20.8 Å². The van der Waals surface area contributed by atoms with E-state index in [1.807, 2.05) is 31.2 Å². The van der Waals surface area contributed by atoms with Gasteiger partial charge >= 0.3 is 5.97 Å². The van der Waals surface area contributed by atoms with Gasteiger partial charge in [-0.05, 0) is 59.7 Å². The zero-order chi connectivity index (χ0) is 27.1. The van der Waals surface area contributed by atoms with Crippen molar-refractivity contribution in [3.63, 3.8) is 0 Å². The summed E-state index contributed by atoms with van der Waals surface area (Å²) in [4.78, 5) is 12.5. The average molecular weight is 559 g/mol. The molecule has 1 aliphatic heterocycles. The largest absolute Gasteiger partial charge is 0.478 e. The lowest BCUT2D eigenvalue weighted by molar-refractivity contribution is -0.133. The Morgan fingerprint density at radius 3 is 2.05 bits per heavy atom. The molecule has 3 aromatic carbocycles. The van der Waals surface area contributed by atoms with Crippen molar-refractivity contribution in [3.8, 4) is 0 Å². The van der Waals surface area contributed by atoms with Gasteiger partial charge in [0.15, 0.2) is 0 Å². The van der Waals surface area contributed by atoms with Crippen LogP contribution in [0.2, 0.25) is 10.0 Å². The number of carbonyl (C=O) groups is 1. The fraction of sp³-hybridized carbons (Fsp3) is 0.276. The van der Waals surface area contributed by atoms with Crippen LogP contribution in [0.5, 0.6) is 0 Å². The number of hydrogen-bond donors (Lipinski definition) is 1. The normalized spacial score (nSPS) is 18.9. The Morgan fingerprint density at radius 2 is 1.51 bits per heavy atom. The molecule has 1 heterocycles. The van der Waals surface area contributed by atoms with E-state index in [-0.39, 0.29) is 22.3 Å². The van der Waals surface area contributed by atoms with Crippen LogP contribution in [0.25, 0.3) is 0 Å². The molecule has 0 saturated heterocycles. The van der Waals surface area contributed by atoms with E-state index in [0.717, 1.165) is 11.1 Å². The number of carboxylic acids is 1.